The lowest BCUT2D eigenvalue weighted by molar-refractivity contribution is -0.139. The van der Waals surface area contributed by atoms with Crippen molar-refractivity contribution in [2.75, 3.05) is 69.7 Å². The third-order valence-electron chi connectivity index (χ3n) is 16.7. The molecule has 6 fully saturated rings. The molecule has 4 N–H and O–H groups in total. The van der Waals surface area contributed by atoms with Crippen LogP contribution in [-0.4, -0.2) is 155 Å². The highest BCUT2D eigenvalue weighted by Gasteiger charge is 2.51. The second-order valence-electron chi connectivity index (χ2n) is 22.0. The molecule has 5 unspecified atom stereocenters. The molecule has 5 aromatic rings. The minimum atomic E-state index is -0.959. The number of phenols is 1. The minimum absolute atomic E-state index is 0.00472. The van der Waals surface area contributed by atoms with Crippen molar-refractivity contribution in [1.82, 2.24) is 40.3 Å². The quantitative estimate of drug-likeness (QED) is 0.0277. The highest BCUT2D eigenvalue weighted by molar-refractivity contribution is 6.08. The third kappa shape index (κ3) is 11.5. The molecule has 18 nitrogen and oxygen atoms in total. The van der Waals surface area contributed by atoms with E-state index in [0.29, 0.717) is 61.1 Å². The average Bonchev–Trinajstić information content (AvgIpc) is 4.14. The van der Waals surface area contributed by atoms with E-state index >= 15 is 4.39 Å². The minimum Gasteiger partial charge on any atom is -0.508 e. The molecule has 0 radical (unpaired) electrons. The number of carbonyl (C=O) groups is 5. The molecule has 8 heterocycles. The van der Waals surface area contributed by atoms with Crippen molar-refractivity contribution in [2.24, 2.45) is 5.92 Å². The molecule has 79 heavy (non-hydrogen) atoms. The fourth-order valence-electron chi connectivity index (χ4n) is 12.7. The Morgan fingerprint density at radius 1 is 1.05 bits per heavy atom. The van der Waals surface area contributed by atoms with Gasteiger partial charge in [0.2, 0.25) is 18.2 Å². The van der Waals surface area contributed by atoms with Crippen LogP contribution in [0, 0.1) is 36.8 Å². The number of aromatic nitrogens is 3. The standard InChI is InChI=1S/C36H34F2N6O4.C23H32N4O4/c1-3-26-29(37)7-4-21-10-25(46)11-27(30(21)26)32-31(38)33-28(13-39-32)34(43-15-22-5-6-23(16-43)40-22)42-35(41-33)48-18-36-9-8-24(17-47-19-45)44(36)14-20(2)12-36;1-16-14-18(24-11-3-4-17-9-12-26(2)13-10-17)5-6-19(16)23(31)27(15-28)20-7-8-21(29)25-22(20)30/h1,4,7,10-11,13,19,22-24,40,46H,2,5-6,8-9,12,14-18H2;5-6,14-15,17,20,24H,3-4,7-13H2,1-2H3,(H,25,29,30). The summed E-state index contributed by atoms with van der Waals surface area (Å²) >= 11 is 0. The maximum absolute atomic E-state index is 16.9. The molecule has 20 heteroatoms. The number of terminal acetylenes is 1. The number of ether oxygens (including phenoxy) is 2. The van der Waals surface area contributed by atoms with Crippen molar-refractivity contribution < 1.29 is 47.3 Å². The summed E-state index contributed by atoms with van der Waals surface area (Å²) in [5, 5.41) is 20.9. The summed E-state index contributed by atoms with van der Waals surface area (Å²) < 4.78 is 43.3. The number of phenolic OH excluding ortho intramolecular Hbond substituents is 1. The number of carbonyl (C=O) groups excluding carboxylic acids is 5. The molecule has 2 bridgehead atoms. The number of anilines is 2. The Balaban J connectivity index is 0.000000197. The number of amides is 4. The number of piperidine rings is 2. The number of benzene rings is 3. The van der Waals surface area contributed by atoms with Gasteiger partial charge in [0, 0.05) is 79.1 Å². The first-order chi connectivity index (χ1) is 38.1. The summed E-state index contributed by atoms with van der Waals surface area (Å²) in [7, 11) is 2.17. The van der Waals surface area contributed by atoms with Gasteiger partial charge >= 0.3 is 6.01 Å². The zero-order valence-electron chi connectivity index (χ0n) is 44.6. The number of imide groups is 2. The number of rotatable bonds is 16. The second kappa shape index (κ2) is 23.4. The van der Waals surface area contributed by atoms with Crippen molar-refractivity contribution in [2.45, 2.75) is 107 Å². The largest absolute Gasteiger partial charge is 0.508 e. The SMILES string of the molecule is C#Cc1c(F)ccc2cc(O)cc(-c3ncc4c(N5CC6CCC(C5)N6)nc(OCC56CCC(COC=O)N5CC(=C)C6)nc4c3F)c12.Cc1cc(NCCCC2CCN(C)CC2)ccc1C(=O)N(C=O)C1CCC(=O)NC1=O. The van der Waals surface area contributed by atoms with E-state index in [4.69, 9.17) is 20.9 Å². The summed E-state index contributed by atoms with van der Waals surface area (Å²) in [6, 6.07) is 10.5. The van der Waals surface area contributed by atoms with Crippen LogP contribution >= 0.6 is 0 Å². The fraction of sp³-hybridized carbons (Fsp3) is 0.458. The molecule has 6 aliphatic rings. The van der Waals surface area contributed by atoms with Gasteiger partial charge in [0.25, 0.3) is 12.4 Å². The van der Waals surface area contributed by atoms with E-state index in [-0.39, 0.29) is 95.1 Å². The smallest absolute Gasteiger partial charge is 0.319 e. The van der Waals surface area contributed by atoms with Gasteiger partial charge in [-0.25, -0.2) is 8.78 Å². The Labute approximate surface area is 457 Å². The lowest BCUT2D eigenvalue weighted by Crippen LogP contribution is -2.53. The Morgan fingerprint density at radius 3 is 2.56 bits per heavy atom. The summed E-state index contributed by atoms with van der Waals surface area (Å²) in [4.78, 5) is 80.5. The van der Waals surface area contributed by atoms with E-state index in [1.807, 2.05) is 19.1 Å². The molecule has 6 aliphatic heterocycles. The van der Waals surface area contributed by atoms with Crippen molar-refractivity contribution in [3.63, 3.8) is 0 Å². The van der Waals surface area contributed by atoms with Gasteiger partial charge in [-0.15, -0.1) is 6.42 Å². The molecule has 0 spiro atoms. The van der Waals surface area contributed by atoms with Crippen LogP contribution < -0.4 is 25.6 Å². The first kappa shape index (κ1) is 54.7. The van der Waals surface area contributed by atoms with E-state index in [0.717, 1.165) is 66.3 Å². The predicted molar refractivity (Wildman–Crippen MR) is 293 cm³/mol. The van der Waals surface area contributed by atoms with E-state index in [2.05, 4.69) is 60.2 Å². The fourth-order valence-corrected chi connectivity index (χ4v) is 12.7. The average molecular weight is 1080 g/mol. The van der Waals surface area contributed by atoms with Gasteiger partial charge in [-0.1, -0.05) is 24.1 Å². The third-order valence-corrected chi connectivity index (χ3v) is 16.7. The normalized spacial score (nSPS) is 23.2. The number of halogens is 2. The lowest BCUT2D eigenvalue weighted by Gasteiger charge is -2.35. The van der Waals surface area contributed by atoms with Crippen LogP contribution in [0.15, 0.2) is 60.8 Å². The van der Waals surface area contributed by atoms with Crippen LogP contribution in [0.5, 0.6) is 11.8 Å². The number of nitrogens with one attached hydrogen (secondary N) is 3. The van der Waals surface area contributed by atoms with Gasteiger partial charge in [0.15, 0.2) is 5.82 Å². The van der Waals surface area contributed by atoms with Gasteiger partial charge < -0.3 is 35.0 Å². The van der Waals surface area contributed by atoms with Crippen LogP contribution in [0.2, 0.25) is 0 Å². The number of likely N-dealkylation sites (tertiary alicyclic amines) is 1. The summed E-state index contributed by atoms with van der Waals surface area (Å²) in [5.41, 5.74) is 2.67. The Hall–Kier alpha value is -7.60. The molecule has 6 saturated heterocycles. The van der Waals surface area contributed by atoms with Crippen LogP contribution in [0.4, 0.5) is 20.3 Å². The van der Waals surface area contributed by atoms with Crippen LogP contribution in [-0.2, 0) is 23.9 Å². The number of nitrogens with zero attached hydrogens (tertiary/aromatic N) is 7. The predicted octanol–water partition coefficient (Wildman–Crippen LogP) is 6.40. The van der Waals surface area contributed by atoms with E-state index < -0.39 is 29.5 Å². The first-order valence-corrected chi connectivity index (χ1v) is 27.2. The molecule has 5 atom stereocenters. The van der Waals surface area contributed by atoms with Gasteiger partial charge in [-0.05, 0) is 145 Å². The van der Waals surface area contributed by atoms with Gasteiger partial charge in [-0.2, -0.15) is 9.97 Å². The van der Waals surface area contributed by atoms with Crippen molar-refractivity contribution >= 4 is 63.8 Å². The summed E-state index contributed by atoms with van der Waals surface area (Å²) in [6.07, 6.45) is 17.1. The maximum Gasteiger partial charge on any atom is 0.319 e. The van der Waals surface area contributed by atoms with Crippen molar-refractivity contribution in [1.29, 1.82) is 0 Å². The summed E-state index contributed by atoms with van der Waals surface area (Å²) in [5.74, 6) is 0.629. The van der Waals surface area contributed by atoms with Crippen LogP contribution in [0.1, 0.15) is 92.1 Å². The van der Waals surface area contributed by atoms with Crippen molar-refractivity contribution in [3.05, 3.63) is 89.1 Å². The number of fused-ring (bicyclic) bond motifs is 5. The number of hydrogen-bond donors (Lipinski definition) is 4. The first-order valence-electron chi connectivity index (χ1n) is 27.2. The van der Waals surface area contributed by atoms with Crippen LogP contribution in [0.3, 0.4) is 0 Å². The molecule has 3 aromatic carbocycles. The van der Waals surface area contributed by atoms with Gasteiger partial charge in [0.05, 0.1) is 16.5 Å². The number of hydrogen-bond acceptors (Lipinski definition) is 16. The lowest BCUT2D eigenvalue weighted by atomic mass is 9.92. The zero-order valence-corrected chi connectivity index (χ0v) is 44.6. The van der Waals surface area contributed by atoms with E-state index in [1.165, 1.54) is 62.8 Å². The molecular weight excluding hydrogens is 1010 g/mol. The number of pyridine rings is 1. The van der Waals surface area contributed by atoms with Gasteiger partial charge in [-0.3, -0.25) is 44.1 Å². The molecular formula is C59H66F2N10O8. The zero-order chi connectivity index (χ0) is 55.5. The number of piperazine rings is 1. The Kier molecular flexibility index (Phi) is 16.2. The topological polar surface area (TPSA) is 212 Å². The van der Waals surface area contributed by atoms with E-state index in [1.54, 1.807) is 6.07 Å². The molecule has 4 amide bonds. The van der Waals surface area contributed by atoms with Crippen LogP contribution in [0.25, 0.3) is 32.9 Å². The highest BCUT2D eigenvalue weighted by Crippen LogP contribution is 2.45. The Morgan fingerprint density at radius 2 is 1.84 bits per heavy atom. The molecule has 414 valence electrons. The number of aryl methyl sites for hydroxylation is 1. The van der Waals surface area contributed by atoms with Gasteiger partial charge in [0.1, 0.15) is 47.9 Å². The monoisotopic (exact) mass is 1080 g/mol. The highest BCUT2D eigenvalue weighted by atomic mass is 19.1. The van der Waals surface area contributed by atoms with E-state index in [9.17, 15) is 33.5 Å². The Bertz CT molecular complexity index is 3240. The van der Waals surface area contributed by atoms with Crippen molar-refractivity contribution in [3.8, 4) is 35.4 Å². The number of aromatic hydroxyl groups is 1. The molecule has 0 saturated carbocycles. The molecule has 0 aliphatic carbocycles. The summed E-state index contributed by atoms with van der Waals surface area (Å²) in [6.45, 7) is 12.3. The maximum atomic E-state index is 16.9. The second-order valence-corrected chi connectivity index (χ2v) is 22.0. The molecule has 11 rings (SSSR count). The molecule has 2 aromatic heterocycles.